The molecule has 90 valence electrons. The molecule has 0 saturated heterocycles. The Morgan fingerprint density at radius 2 is 2.31 bits per heavy atom. The standard InChI is InChI=1S/C14H23NS/c1-5-14(4,11-15-10-12(2)3)9-13-7-6-8-16-13/h5-8,12,15H,1,9-11H2,2-4H3. The van der Waals surface area contributed by atoms with Crippen molar-refractivity contribution in [3.63, 3.8) is 0 Å². The Bertz CT molecular complexity index is 303. The molecule has 0 aliphatic rings. The molecule has 0 fully saturated rings. The van der Waals surface area contributed by atoms with E-state index in [9.17, 15) is 0 Å². The number of hydrogen-bond acceptors (Lipinski definition) is 2. The van der Waals surface area contributed by atoms with E-state index in [-0.39, 0.29) is 5.41 Å². The quantitative estimate of drug-likeness (QED) is 0.713. The lowest BCUT2D eigenvalue weighted by Gasteiger charge is -2.26. The van der Waals surface area contributed by atoms with Crippen LogP contribution < -0.4 is 5.32 Å². The molecule has 1 unspecified atom stereocenters. The molecular weight excluding hydrogens is 214 g/mol. The molecule has 16 heavy (non-hydrogen) atoms. The highest BCUT2D eigenvalue weighted by Crippen LogP contribution is 2.25. The van der Waals surface area contributed by atoms with Crippen molar-refractivity contribution in [2.45, 2.75) is 27.2 Å². The van der Waals surface area contributed by atoms with Crippen LogP contribution in [0.3, 0.4) is 0 Å². The largest absolute Gasteiger partial charge is 0.316 e. The Morgan fingerprint density at radius 3 is 2.81 bits per heavy atom. The van der Waals surface area contributed by atoms with Gasteiger partial charge in [-0.15, -0.1) is 17.9 Å². The van der Waals surface area contributed by atoms with Crippen LogP contribution in [-0.4, -0.2) is 13.1 Å². The van der Waals surface area contributed by atoms with Gasteiger partial charge in [-0.3, -0.25) is 0 Å². The first-order valence-electron chi connectivity index (χ1n) is 5.92. The first-order chi connectivity index (χ1) is 7.56. The molecule has 0 aromatic carbocycles. The second kappa shape index (κ2) is 6.21. The van der Waals surface area contributed by atoms with Gasteiger partial charge in [0.2, 0.25) is 0 Å². The van der Waals surface area contributed by atoms with Crippen LogP contribution in [0.4, 0.5) is 0 Å². The van der Waals surface area contributed by atoms with E-state index in [1.165, 1.54) is 4.88 Å². The normalized spacial score (nSPS) is 15.0. The van der Waals surface area contributed by atoms with Gasteiger partial charge in [-0.2, -0.15) is 0 Å². The highest BCUT2D eigenvalue weighted by atomic mass is 32.1. The average molecular weight is 237 g/mol. The molecule has 1 N–H and O–H groups in total. The van der Waals surface area contributed by atoms with Gasteiger partial charge in [0.25, 0.3) is 0 Å². The van der Waals surface area contributed by atoms with Gasteiger partial charge in [0.1, 0.15) is 0 Å². The van der Waals surface area contributed by atoms with E-state index in [4.69, 9.17) is 0 Å². The highest BCUT2D eigenvalue weighted by molar-refractivity contribution is 7.09. The monoisotopic (exact) mass is 237 g/mol. The Kier molecular flexibility index (Phi) is 5.23. The summed E-state index contributed by atoms with van der Waals surface area (Å²) in [6.07, 6.45) is 3.17. The maximum Gasteiger partial charge on any atom is 0.00542 e. The van der Waals surface area contributed by atoms with Crippen molar-refractivity contribution in [1.29, 1.82) is 0 Å². The maximum atomic E-state index is 3.98. The number of thiophene rings is 1. The Balaban J connectivity index is 2.46. The number of rotatable bonds is 7. The summed E-state index contributed by atoms with van der Waals surface area (Å²) in [6.45, 7) is 12.8. The van der Waals surface area contributed by atoms with Crippen molar-refractivity contribution in [3.05, 3.63) is 35.0 Å². The molecule has 0 aliphatic carbocycles. The first kappa shape index (κ1) is 13.5. The zero-order chi connectivity index (χ0) is 12.0. The number of hydrogen-bond donors (Lipinski definition) is 1. The van der Waals surface area contributed by atoms with Crippen molar-refractivity contribution < 1.29 is 0 Å². The van der Waals surface area contributed by atoms with Gasteiger partial charge in [-0.25, -0.2) is 0 Å². The average Bonchev–Trinajstić information content (AvgIpc) is 2.69. The van der Waals surface area contributed by atoms with E-state index in [1.54, 1.807) is 0 Å². The summed E-state index contributed by atoms with van der Waals surface area (Å²) in [5.74, 6) is 0.704. The summed E-state index contributed by atoms with van der Waals surface area (Å²) >= 11 is 1.83. The minimum atomic E-state index is 0.166. The minimum Gasteiger partial charge on any atom is -0.316 e. The predicted octanol–water partition coefficient (Wildman–Crippen LogP) is 3.73. The van der Waals surface area contributed by atoms with Crippen molar-refractivity contribution >= 4 is 11.3 Å². The first-order valence-corrected chi connectivity index (χ1v) is 6.80. The summed E-state index contributed by atoms with van der Waals surface area (Å²) in [7, 11) is 0. The van der Waals surface area contributed by atoms with Crippen LogP contribution in [0.25, 0.3) is 0 Å². The second-order valence-corrected chi connectivity index (χ2v) is 6.17. The molecule has 0 radical (unpaired) electrons. The van der Waals surface area contributed by atoms with E-state index in [0.29, 0.717) is 5.92 Å². The smallest absolute Gasteiger partial charge is 0.00542 e. The van der Waals surface area contributed by atoms with Crippen molar-refractivity contribution in [3.8, 4) is 0 Å². The summed E-state index contributed by atoms with van der Waals surface area (Å²) in [5, 5.41) is 5.66. The fraction of sp³-hybridized carbons (Fsp3) is 0.571. The summed E-state index contributed by atoms with van der Waals surface area (Å²) in [6, 6.07) is 4.32. The van der Waals surface area contributed by atoms with E-state index in [0.717, 1.165) is 19.5 Å². The summed E-state index contributed by atoms with van der Waals surface area (Å²) in [4.78, 5) is 1.44. The lowest BCUT2D eigenvalue weighted by molar-refractivity contribution is 0.380. The van der Waals surface area contributed by atoms with Crippen LogP contribution in [0, 0.1) is 11.3 Å². The minimum absolute atomic E-state index is 0.166. The van der Waals surface area contributed by atoms with Gasteiger partial charge in [-0.1, -0.05) is 32.9 Å². The molecule has 1 rings (SSSR count). The van der Waals surface area contributed by atoms with Crippen LogP contribution >= 0.6 is 11.3 Å². The van der Waals surface area contributed by atoms with Gasteiger partial charge in [-0.05, 0) is 30.3 Å². The third-order valence-electron chi connectivity index (χ3n) is 2.73. The van der Waals surface area contributed by atoms with Gasteiger partial charge in [0.05, 0.1) is 0 Å². The van der Waals surface area contributed by atoms with Crippen molar-refractivity contribution in [1.82, 2.24) is 5.32 Å². The Labute approximate surface area is 104 Å². The lowest BCUT2D eigenvalue weighted by Crippen LogP contribution is -2.33. The zero-order valence-corrected chi connectivity index (χ0v) is 11.4. The van der Waals surface area contributed by atoms with Crippen LogP contribution in [0.1, 0.15) is 25.6 Å². The van der Waals surface area contributed by atoms with Gasteiger partial charge in [0, 0.05) is 16.8 Å². The molecule has 0 amide bonds. The lowest BCUT2D eigenvalue weighted by atomic mass is 9.86. The van der Waals surface area contributed by atoms with E-state index in [2.05, 4.69) is 56.3 Å². The van der Waals surface area contributed by atoms with Crippen molar-refractivity contribution in [2.75, 3.05) is 13.1 Å². The van der Waals surface area contributed by atoms with Crippen LogP contribution in [0.2, 0.25) is 0 Å². The van der Waals surface area contributed by atoms with Crippen LogP contribution in [0.5, 0.6) is 0 Å². The summed E-state index contributed by atoms with van der Waals surface area (Å²) < 4.78 is 0. The topological polar surface area (TPSA) is 12.0 Å². The van der Waals surface area contributed by atoms with Crippen molar-refractivity contribution in [2.24, 2.45) is 11.3 Å². The van der Waals surface area contributed by atoms with E-state index in [1.807, 2.05) is 11.3 Å². The van der Waals surface area contributed by atoms with Gasteiger partial charge >= 0.3 is 0 Å². The molecule has 0 spiro atoms. The molecule has 1 aromatic rings. The molecule has 1 nitrogen and oxygen atoms in total. The third kappa shape index (κ3) is 4.50. The Hall–Kier alpha value is -0.600. The molecule has 0 saturated carbocycles. The number of nitrogens with one attached hydrogen (secondary N) is 1. The highest BCUT2D eigenvalue weighted by Gasteiger charge is 2.20. The zero-order valence-electron chi connectivity index (χ0n) is 10.6. The van der Waals surface area contributed by atoms with E-state index < -0.39 is 0 Å². The molecule has 0 bridgehead atoms. The fourth-order valence-corrected chi connectivity index (χ4v) is 2.57. The van der Waals surface area contributed by atoms with Crippen LogP contribution in [0.15, 0.2) is 30.2 Å². The predicted molar refractivity (Wildman–Crippen MR) is 74.0 cm³/mol. The second-order valence-electron chi connectivity index (χ2n) is 5.14. The van der Waals surface area contributed by atoms with Crippen LogP contribution in [-0.2, 0) is 6.42 Å². The molecule has 1 atom stereocenters. The fourth-order valence-electron chi connectivity index (χ4n) is 1.66. The summed E-state index contributed by atoms with van der Waals surface area (Å²) in [5.41, 5.74) is 0.166. The third-order valence-corrected chi connectivity index (χ3v) is 3.61. The molecule has 0 aliphatic heterocycles. The SMILES string of the molecule is C=CC(C)(CNCC(C)C)Cc1cccs1. The van der Waals surface area contributed by atoms with Gasteiger partial charge in [0.15, 0.2) is 0 Å². The molecule has 1 heterocycles. The molecule has 2 heteroatoms. The molecule has 1 aromatic heterocycles. The Morgan fingerprint density at radius 1 is 1.56 bits per heavy atom. The molecular formula is C14H23NS. The van der Waals surface area contributed by atoms with Gasteiger partial charge < -0.3 is 5.32 Å². The maximum absolute atomic E-state index is 3.98. The van der Waals surface area contributed by atoms with E-state index >= 15 is 0 Å².